The molecule has 1 fully saturated rings. The summed E-state index contributed by atoms with van der Waals surface area (Å²) in [7, 11) is 3.85. The van der Waals surface area contributed by atoms with Crippen molar-refractivity contribution in [3.63, 3.8) is 0 Å². The summed E-state index contributed by atoms with van der Waals surface area (Å²) < 4.78 is 5.01. The van der Waals surface area contributed by atoms with E-state index in [4.69, 9.17) is 16.3 Å². The van der Waals surface area contributed by atoms with Gasteiger partial charge in [-0.1, -0.05) is 24.6 Å². The second-order valence-corrected chi connectivity index (χ2v) is 6.21. The molecule has 0 heterocycles. The Bertz CT molecular complexity index is 438. The second-order valence-electron chi connectivity index (χ2n) is 5.80. The molecular weight excluding hydrogens is 272 g/mol. The normalized spacial score (nSPS) is 21.0. The van der Waals surface area contributed by atoms with Gasteiger partial charge in [0.1, 0.15) is 0 Å². The van der Waals surface area contributed by atoms with Gasteiger partial charge >= 0.3 is 0 Å². The molecule has 0 amide bonds. The average Bonchev–Trinajstić information content (AvgIpc) is 3.11. The van der Waals surface area contributed by atoms with Crippen LogP contribution >= 0.6 is 11.6 Å². The van der Waals surface area contributed by atoms with E-state index in [1.165, 1.54) is 12.1 Å². The van der Waals surface area contributed by atoms with E-state index in [9.17, 15) is 0 Å². The molecule has 0 bridgehead atoms. The lowest BCUT2D eigenvalue weighted by Gasteiger charge is -2.20. The van der Waals surface area contributed by atoms with E-state index in [1.807, 2.05) is 0 Å². The number of benzene rings is 1. The van der Waals surface area contributed by atoms with Crippen molar-refractivity contribution in [2.45, 2.75) is 19.9 Å². The minimum Gasteiger partial charge on any atom is -0.383 e. The smallest absolute Gasteiger partial charge is 0.0587 e. The summed E-state index contributed by atoms with van der Waals surface area (Å²) in [5.41, 5.74) is 2.34. The number of anilines is 1. The third kappa shape index (κ3) is 4.37. The van der Waals surface area contributed by atoms with Gasteiger partial charge in [0.25, 0.3) is 0 Å². The molecule has 4 heteroatoms. The Hall–Kier alpha value is -0.770. The number of halogens is 1. The van der Waals surface area contributed by atoms with Crippen molar-refractivity contribution in [1.82, 2.24) is 5.32 Å². The predicted molar refractivity (Wildman–Crippen MR) is 85.6 cm³/mol. The molecule has 2 unspecified atom stereocenters. The molecule has 3 nitrogen and oxygen atoms in total. The van der Waals surface area contributed by atoms with Gasteiger partial charge in [0, 0.05) is 44.5 Å². The van der Waals surface area contributed by atoms with Crippen molar-refractivity contribution in [1.29, 1.82) is 0 Å². The summed E-state index contributed by atoms with van der Waals surface area (Å²) in [4.78, 5) is 2.31. The molecule has 20 heavy (non-hydrogen) atoms. The maximum atomic E-state index is 6.37. The molecule has 1 aliphatic carbocycles. The summed E-state index contributed by atoms with van der Waals surface area (Å²) in [5.74, 6) is 1.74. The van der Waals surface area contributed by atoms with Crippen molar-refractivity contribution in [3.8, 4) is 0 Å². The molecular formula is C16H25ClN2O. The molecule has 2 rings (SSSR count). The third-order valence-corrected chi connectivity index (χ3v) is 4.41. The zero-order valence-corrected chi connectivity index (χ0v) is 13.4. The SMILES string of the molecule is COCCNCc1ccc(N(C)CC2CC2C)cc1Cl. The summed E-state index contributed by atoms with van der Waals surface area (Å²) >= 11 is 6.37. The zero-order valence-electron chi connectivity index (χ0n) is 12.7. The number of hydrogen-bond acceptors (Lipinski definition) is 3. The topological polar surface area (TPSA) is 24.5 Å². The summed E-state index contributed by atoms with van der Waals surface area (Å²) in [6.45, 7) is 5.79. The Morgan fingerprint density at radius 3 is 2.80 bits per heavy atom. The molecule has 0 saturated heterocycles. The highest BCUT2D eigenvalue weighted by Gasteiger charge is 2.33. The van der Waals surface area contributed by atoms with E-state index < -0.39 is 0 Å². The van der Waals surface area contributed by atoms with Crippen LogP contribution in [0.1, 0.15) is 18.9 Å². The number of ether oxygens (including phenoxy) is 1. The fourth-order valence-electron chi connectivity index (χ4n) is 2.42. The van der Waals surface area contributed by atoms with Gasteiger partial charge in [-0.25, -0.2) is 0 Å². The Balaban J connectivity index is 1.87. The van der Waals surface area contributed by atoms with Crippen molar-refractivity contribution >= 4 is 17.3 Å². The van der Waals surface area contributed by atoms with Gasteiger partial charge < -0.3 is 15.0 Å². The van der Waals surface area contributed by atoms with E-state index in [2.05, 4.69) is 42.4 Å². The van der Waals surface area contributed by atoms with Crippen LogP contribution in [0.5, 0.6) is 0 Å². The van der Waals surface area contributed by atoms with Crippen LogP contribution in [0.2, 0.25) is 5.02 Å². The molecule has 2 atom stereocenters. The quantitative estimate of drug-likeness (QED) is 0.746. The van der Waals surface area contributed by atoms with Gasteiger partial charge in [0.15, 0.2) is 0 Å². The fourth-order valence-corrected chi connectivity index (χ4v) is 2.67. The van der Waals surface area contributed by atoms with Crippen molar-refractivity contribution in [2.75, 3.05) is 38.8 Å². The lowest BCUT2D eigenvalue weighted by atomic mass is 10.2. The molecule has 0 spiro atoms. The van der Waals surface area contributed by atoms with Crippen LogP contribution in [0.15, 0.2) is 18.2 Å². The molecule has 112 valence electrons. The van der Waals surface area contributed by atoms with Gasteiger partial charge in [-0.15, -0.1) is 0 Å². The second kappa shape index (κ2) is 7.30. The first-order valence-corrected chi connectivity index (χ1v) is 7.69. The highest BCUT2D eigenvalue weighted by molar-refractivity contribution is 6.31. The summed E-state index contributed by atoms with van der Waals surface area (Å²) in [6.07, 6.45) is 1.36. The maximum Gasteiger partial charge on any atom is 0.0587 e. The first-order chi connectivity index (χ1) is 9.61. The van der Waals surface area contributed by atoms with E-state index in [1.54, 1.807) is 7.11 Å². The largest absolute Gasteiger partial charge is 0.383 e. The van der Waals surface area contributed by atoms with E-state index >= 15 is 0 Å². The number of rotatable bonds is 8. The molecule has 1 aliphatic rings. The van der Waals surface area contributed by atoms with Crippen LogP contribution in [0, 0.1) is 11.8 Å². The Labute approximate surface area is 127 Å². The number of methoxy groups -OCH3 is 1. The minimum atomic E-state index is 0.720. The van der Waals surface area contributed by atoms with Gasteiger partial charge in [-0.3, -0.25) is 0 Å². The zero-order chi connectivity index (χ0) is 14.5. The van der Waals surface area contributed by atoms with Gasteiger partial charge in [-0.05, 0) is 36.0 Å². The van der Waals surface area contributed by atoms with Crippen molar-refractivity contribution in [3.05, 3.63) is 28.8 Å². The van der Waals surface area contributed by atoms with Crippen LogP contribution < -0.4 is 10.2 Å². The Morgan fingerprint density at radius 2 is 2.20 bits per heavy atom. The monoisotopic (exact) mass is 296 g/mol. The molecule has 1 saturated carbocycles. The van der Waals surface area contributed by atoms with Gasteiger partial charge in [-0.2, -0.15) is 0 Å². The predicted octanol–water partition coefficient (Wildman–Crippen LogP) is 3.17. The van der Waals surface area contributed by atoms with E-state index in [-0.39, 0.29) is 0 Å². The maximum absolute atomic E-state index is 6.37. The van der Waals surface area contributed by atoms with Crippen LogP contribution in [-0.4, -0.2) is 33.9 Å². The van der Waals surface area contributed by atoms with Crippen molar-refractivity contribution in [2.24, 2.45) is 11.8 Å². The average molecular weight is 297 g/mol. The first-order valence-electron chi connectivity index (χ1n) is 7.31. The molecule has 0 radical (unpaired) electrons. The van der Waals surface area contributed by atoms with E-state index in [0.717, 1.165) is 48.7 Å². The molecule has 1 aromatic rings. The number of nitrogens with zero attached hydrogens (tertiary/aromatic N) is 1. The summed E-state index contributed by atoms with van der Waals surface area (Å²) in [5, 5.41) is 4.15. The number of hydrogen-bond donors (Lipinski definition) is 1. The minimum absolute atomic E-state index is 0.720. The lowest BCUT2D eigenvalue weighted by Crippen LogP contribution is -2.21. The van der Waals surface area contributed by atoms with Crippen LogP contribution in [0.25, 0.3) is 0 Å². The van der Waals surface area contributed by atoms with Crippen molar-refractivity contribution < 1.29 is 4.74 Å². The fraction of sp³-hybridized carbons (Fsp3) is 0.625. The van der Waals surface area contributed by atoms with Gasteiger partial charge in [0.05, 0.1) is 6.61 Å². The highest BCUT2D eigenvalue weighted by atomic mass is 35.5. The third-order valence-electron chi connectivity index (χ3n) is 4.06. The molecule has 0 aromatic heterocycles. The standard InChI is InChI=1S/C16H25ClN2O/c1-12-8-14(12)11-19(2)15-5-4-13(16(17)9-15)10-18-6-7-20-3/h4-5,9,12,14,18H,6-8,10-11H2,1-3H3. The first kappa shape index (κ1) is 15.6. The molecule has 0 aliphatic heterocycles. The Morgan fingerprint density at radius 1 is 1.45 bits per heavy atom. The van der Waals surface area contributed by atoms with Crippen LogP contribution in [-0.2, 0) is 11.3 Å². The molecule has 1 aromatic carbocycles. The molecule has 1 N–H and O–H groups in total. The van der Waals surface area contributed by atoms with Crippen LogP contribution in [0.3, 0.4) is 0 Å². The lowest BCUT2D eigenvalue weighted by molar-refractivity contribution is 0.199. The summed E-state index contributed by atoms with van der Waals surface area (Å²) in [6, 6.07) is 6.35. The van der Waals surface area contributed by atoms with Gasteiger partial charge in [0.2, 0.25) is 0 Å². The van der Waals surface area contributed by atoms with Crippen LogP contribution in [0.4, 0.5) is 5.69 Å². The highest BCUT2D eigenvalue weighted by Crippen LogP contribution is 2.38. The Kier molecular flexibility index (Phi) is 5.70. The number of nitrogens with one attached hydrogen (secondary N) is 1. The van der Waals surface area contributed by atoms with E-state index in [0.29, 0.717) is 0 Å².